The topological polar surface area (TPSA) is 58.1 Å². The van der Waals surface area contributed by atoms with Crippen molar-refractivity contribution in [1.82, 2.24) is 15.3 Å². The predicted octanol–water partition coefficient (Wildman–Crippen LogP) is 3.86. The Labute approximate surface area is 172 Å². The van der Waals surface area contributed by atoms with Crippen molar-refractivity contribution in [2.75, 3.05) is 18.0 Å². The second-order valence-electron chi connectivity index (χ2n) is 7.65. The van der Waals surface area contributed by atoms with Gasteiger partial charge >= 0.3 is 0 Å². The van der Waals surface area contributed by atoms with E-state index in [1.54, 1.807) is 6.07 Å². The third-order valence-corrected chi connectivity index (χ3v) is 5.69. The first-order valence-electron chi connectivity index (χ1n) is 10.1. The number of nitrogens with zero attached hydrogens (tertiary/aromatic N) is 3. The summed E-state index contributed by atoms with van der Waals surface area (Å²) in [6, 6.07) is 9.30. The number of benzene rings is 1. The third-order valence-electron chi connectivity index (χ3n) is 5.69. The maximum Gasteiger partial charge on any atom is 0.253 e. The molecule has 2 aliphatic rings. The molecule has 5 rings (SSSR count). The predicted molar refractivity (Wildman–Crippen MR) is 109 cm³/mol. The fraction of sp³-hybridized carbons (Fsp3) is 0.261. The Bertz CT molecular complexity index is 1100. The van der Waals surface area contributed by atoms with Crippen molar-refractivity contribution < 1.29 is 13.6 Å². The smallest absolute Gasteiger partial charge is 0.253 e. The van der Waals surface area contributed by atoms with Gasteiger partial charge in [-0.15, -0.1) is 0 Å². The lowest BCUT2D eigenvalue weighted by molar-refractivity contribution is 0.0965. The molecule has 0 radical (unpaired) electrons. The highest BCUT2D eigenvalue weighted by molar-refractivity contribution is 5.99. The number of anilines is 1. The van der Waals surface area contributed by atoms with E-state index in [1.165, 1.54) is 31.0 Å². The van der Waals surface area contributed by atoms with Crippen LogP contribution in [-0.4, -0.2) is 29.0 Å². The molecule has 3 aromatic rings. The normalized spacial score (nSPS) is 15.4. The van der Waals surface area contributed by atoms with E-state index in [-0.39, 0.29) is 23.7 Å². The van der Waals surface area contributed by atoms with Gasteiger partial charge in [-0.1, -0.05) is 6.07 Å². The van der Waals surface area contributed by atoms with Crippen LogP contribution in [0.2, 0.25) is 0 Å². The molecule has 0 bridgehead atoms. The number of halogens is 2. The summed E-state index contributed by atoms with van der Waals surface area (Å²) in [4.78, 5) is 23.6. The highest BCUT2D eigenvalue weighted by atomic mass is 19.1. The Balaban J connectivity index is 1.53. The van der Waals surface area contributed by atoms with E-state index in [0.29, 0.717) is 23.2 Å². The van der Waals surface area contributed by atoms with Gasteiger partial charge in [-0.3, -0.25) is 9.78 Å². The summed E-state index contributed by atoms with van der Waals surface area (Å²) < 4.78 is 28.7. The van der Waals surface area contributed by atoms with Crippen LogP contribution in [0, 0.1) is 11.6 Å². The van der Waals surface area contributed by atoms with Crippen molar-refractivity contribution in [2.45, 2.75) is 25.8 Å². The summed E-state index contributed by atoms with van der Waals surface area (Å²) in [5.41, 5.74) is 3.51. The zero-order valence-corrected chi connectivity index (χ0v) is 16.3. The molecule has 1 aromatic carbocycles. The van der Waals surface area contributed by atoms with E-state index in [0.717, 1.165) is 24.5 Å². The molecule has 0 spiro atoms. The molecule has 7 heteroatoms. The minimum atomic E-state index is -0.682. The lowest BCUT2D eigenvalue weighted by Crippen LogP contribution is -2.17. The Morgan fingerprint density at radius 2 is 1.80 bits per heavy atom. The first-order chi connectivity index (χ1) is 14.6. The first-order valence-corrected chi connectivity index (χ1v) is 10.1. The lowest BCUT2D eigenvalue weighted by atomic mass is 9.98. The van der Waals surface area contributed by atoms with Gasteiger partial charge in [-0.05, 0) is 48.7 Å². The van der Waals surface area contributed by atoms with Crippen molar-refractivity contribution in [3.05, 3.63) is 76.7 Å². The molecule has 1 amide bonds. The van der Waals surface area contributed by atoms with Gasteiger partial charge in [0.15, 0.2) is 0 Å². The zero-order valence-electron chi connectivity index (χ0n) is 16.3. The summed E-state index contributed by atoms with van der Waals surface area (Å²) in [5.74, 6) is -1.58. The van der Waals surface area contributed by atoms with Crippen molar-refractivity contribution in [1.29, 1.82) is 0 Å². The quantitative estimate of drug-likeness (QED) is 0.715. The van der Waals surface area contributed by atoms with E-state index >= 15 is 0 Å². The first kappa shape index (κ1) is 18.7. The maximum absolute atomic E-state index is 14.3. The summed E-state index contributed by atoms with van der Waals surface area (Å²) in [6.07, 6.45) is 4.60. The van der Waals surface area contributed by atoms with Crippen LogP contribution >= 0.6 is 0 Å². The number of hydrogen-bond acceptors (Lipinski definition) is 4. The highest BCUT2D eigenvalue weighted by Crippen LogP contribution is 2.30. The lowest BCUT2D eigenvalue weighted by Gasteiger charge is -2.17. The molecule has 2 aromatic heterocycles. The number of aromatic nitrogens is 2. The molecule has 0 unspecified atom stereocenters. The minimum Gasteiger partial charge on any atom is -0.370 e. The van der Waals surface area contributed by atoms with Crippen LogP contribution in [0.1, 0.15) is 40.2 Å². The standard InChI is InChI=1S/C23H20F2N4O/c24-17-4-3-5-18(25)22(17)19-11-14(21-20(28-19)13-27-23(21)30)10-15-6-7-16(12-26-15)29-8-1-2-9-29/h3-7,11-12H,1-2,8-10,13H2,(H,27,30). The Hall–Kier alpha value is -3.35. The van der Waals surface area contributed by atoms with Gasteiger partial charge < -0.3 is 10.2 Å². The van der Waals surface area contributed by atoms with Gasteiger partial charge in [0.1, 0.15) is 11.6 Å². The summed E-state index contributed by atoms with van der Waals surface area (Å²) in [5, 5.41) is 2.75. The highest BCUT2D eigenvalue weighted by Gasteiger charge is 2.27. The van der Waals surface area contributed by atoms with Gasteiger partial charge in [0.25, 0.3) is 5.91 Å². The average molecular weight is 406 g/mol. The number of amides is 1. The molecule has 1 saturated heterocycles. The minimum absolute atomic E-state index is 0.182. The molecular weight excluding hydrogens is 386 g/mol. The van der Waals surface area contributed by atoms with Crippen LogP contribution in [0.5, 0.6) is 0 Å². The SMILES string of the molecule is O=C1NCc2nc(-c3c(F)cccc3F)cc(Cc3ccc(N4CCCC4)cn3)c21. The molecule has 4 heterocycles. The zero-order chi connectivity index (χ0) is 20.7. The third kappa shape index (κ3) is 3.30. The van der Waals surface area contributed by atoms with Gasteiger partial charge in [0, 0.05) is 25.2 Å². The monoisotopic (exact) mass is 406 g/mol. The Morgan fingerprint density at radius 3 is 2.50 bits per heavy atom. The number of pyridine rings is 2. The second kappa shape index (κ2) is 7.48. The van der Waals surface area contributed by atoms with E-state index in [2.05, 4.69) is 20.2 Å². The van der Waals surface area contributed by atoms with Crippen molar-refractivity contribution in [3.63, 3.8) is 0 Å². The van der Waals surface area contributed by atoms with E-state index in [9.17, 15) is 13.6 Å². The molecule has 0 saturated carbocycles. The number of hydrogen-bond donors (Lipinski definition) is 1. The van der Waals surface area contributed by atoms with Crippen molar-refractivity contribution in [2.24, 2.45) is 0 Å². The van der Waals surface area contributed by atoms with Gasteiger partial charge in [-0.2, -0.15) is 0 Å². The van der Waals surface area contributed by atoms with Crippen LogP contribution in [0.25, 0.3) is 11.3 Å². The van der Waals surface area contributed by atoms with E-state index in [4.69, 9.17) is 0 Å². The molecule has 152 valence electrons. The molecule has 30 heavy (non-hydrogen) atoms. The van der Waals surface area contributed by atoms with Crippen LogP contribution in [0.15, 0.2) is 42.6 Å². The summed E-state index contributed by atoms with van der Waals surface area (Å²) in [6.45, 7) is 2.32. The summed E-state index contributed by atoms with van der Waals surface area (Å²) in [7, 11) is 0. The average Bonchev–Trinajstić information content (AvgIpc) is 3.39. The fourth-order valence-electron chi connectivity index (χ4n) is 4.20. The molecule has 1 N–H and O–H groups in total. The van der Waals surface area contributed by atoms with E-state index in [1.807, 2.05) is 18.3 Å². The molecule has 1 fully saturated rings. The fourth-order valence-corrected chi connectivity index (χ4v) is 4.20. The Kier molecular flexibility index (Phi) is 4.65. The molecule has 2 aliphatic heterocycles. The van der Waals surface area contributed by atoms with Crippen molar-refractivity contribution in [3.8, 4) is 11.3 Å². The molecule has 5 nitrogen and oxygen atoms in total. The van der Waals surface area contributed by atoms with Crippen LogP contribution in [-0.2, 0) is 13.0 Å². The number of carbonyl (C=O) groups is 1. The molecule has 0 atom stereocenters. The Morgan fingerprint density at radius 1 is 1.03 bits per heavy atom. The molecule has 0 aliphatic carbocycles. The van der Waals surface area contributed by atoms with Crippen molar-refractivity contribution >= 4 is 11.6 Å². The molecular formula is C23H20F2N4O. The van der Waals surface area contributed by atoms with Crippen LogP contribution in [0.4, 0.5) is 14.5 Å². The van der Waals surface area contributed by atoms with Gasteiger partial charge in [0.2, 0.25) is 0 Å². The maximum atomic E-state index is 14.3. The number of rotatable bonds is 4. The van der Waals surface area contributed by atoms with Crippen LogP contribution < -0.4 is 10.2 Å². The second-order valence-corrected chi connectivity index (χ2v) is 7.65. The number of fused-ring (bicyclic) bond motifs is 1. The largest absolute Gasteiger partial charge is 0.370 e. The number of carbonyl (C=O) groups excluding carboxylic acids is 1. The van der Waals surface area contributed by atoms with Gasteiger partial charge in [-0.25, -0.2) is 13.8 Å². The number of nitrogens with one attached hydrogen (secondary N) is 1. The van der Waals surface area contributed by atoms with E-state index < -0.39 is 11.6 Å². The van der Waals surface area contributed by atoms with Gasteiger partial charge in [0.05, 0.1) is 40.9 Å². The van der Waals surface area contributed by atoms with Crippen LogP contribution in [0.3, 0.4) is 0 Å². The summed E-state index contributed by atoms with van der Waals surface area (Å²) >= 11 is 0.